The zero-order chi connectivity index (χ0) is 13.8. The van der Waals surface area contributed by atoms with Crippen LogP contribution in [0.3, 0.4) is 0 Å². The Morgan fingerprint density at radius 2 is 1.95 bits per heavy atom. The summed E-state index contributed by atoms with van der Waals surface area (Å²) in [6.45, 7) is 2.11. The Bertz CT molecular complexity index is 611. The van der Waals surface area contributed by atoms with Gasteiger partial charge in [0.05, 0.1) is 11.0 Å². The summed E-state index contributed by atoms with van der Waals surface area (Å²) in [6.07, 6.45) is 0. The molecule has 0 fully saturated rings. The van der Waals surface area contributed by atoms with Gasteiger partial charge in [0.25, 0.3) is 5.69 Å². The molecule has 5 heteroatoms. The molecule has 0 aliphatic heterocycles. The Balaban J connectivity index is 2.28. The van der Waals surface area contributed by atoms with E-state index in [1.807, 2.05) is 18.2 Å². The molecule has 0 unspecified atom stereocenters. The second kappa shape index (κ2) is 5.49. The fraction of sp³-hybridized carbons (Fsp3) is 0.143. The largest absolute Gasteiger partial charge is 0.457 e. The first kappa shape index (κ1) is 13.0. The number of nitrogens with two attached hydrogens (primary N) is 1. The average molecular weight is 258 g/mol. The van der Waals surface area contributed by atoms with Crippen LogP contribution in [0.25, 0.3) is 0 Å². The van der Waals surface area contributed by atoms with Gasteiger partial charge in [-0.15, -0.1) is 0 Å². The Kier molecular flexibility index (Phi) is 3.77. The first-order chi connectivity index (χ1) is 9.10. The molecule has 98 valence electrons. The summed E-state index contributed by atoms with van der Waals surface area (Å²) in [5.41, 5.74) is 7.15. The number of nitro groups is 1. The van der Waals surface area contributed by atoms with Crippen LogP contribution >= 0.6 is 0 Å². The molecule has 0 saturated heterocycles. The van der Waals surface area contributed by atoms with E-state index < -0.39 is 4.92 Å². The van der Waals surface area contributed by atoms with E-state index in [9.17, 15) is 10.1 Å². The second-order valence-corrected chi connectivity index (χ2v) is 4.16. The van der Waals surface area contributed by atoms with Crippen molar-refractivity contribution in [1.82, 2.24) is 0 Å². The SMILES string of the molecule is Cc1ccc(Oc2cccc(CN)c2)cc1[N+](=O)[O-]. The van der Waals surface area contributed by atoms with Crippen LogP contribution in [0.5, 0.6) is 11.5 Å². The number of rotatable bonds is 4. The highest BCUT2D eigenvalue weighted by atomic mass is 16.6. The summed E-state index contributed by atoms with van der Waals surface area (Å²) in [5.74, 6) is 1.05. The van der Waals surface area contributed by atoms with Crippen LogP contribution in [0.4, 0.5) is 5.69 Å². The van der Waals surface area contributed by atoms with E-state index in [2.05, 4.69) is 0 Å². The van der Waals surface area contributed by atoms with Crippen molar-refractivity contribution in [3.8, 4) is 11.5 Å². The van der Waals surface area contributed by atoms with Crippen molar-refractivity contribution in [2.45, 2.75) is 13.5 Å². The van der Waals surface area contributed by atoms with Crippen molar-refractivity contribution < 1.29 is 9.66 Å². The highest BCUT2D eigenvalue weighted by Crippen LogP contribution is 2.28. The van der Waals surface area contributed by atoms with Crippen molar-refractivity contribution in [3.05, 3.63) is 63.7 Å². The predicted octanol–water partition coefficient (Wildman–Crippen LogP) is 3.15. The molecule has 0 atom stereocenters. The van der Waals surface area contributed by atoms with Crippen molar-refractivity contribution >= 4 is 5.69 Å². The molecule has 2 aromatic carbocycles. The lowest BCUT2D eigenvalue weighted by molar-refractivity contribution is -0.385. The van der Waals surface area contributed by atoms with Crippen LogP contribution < -0.4 is 10.5 Å². The Labute approximate surface area is 110 Å². The van der Waals surface area contributed by atoms with E-state index in [-0.39, 0.29) is 5.69 Å². The van der Waals surface area contributed by atoms with Gasteiger partial charge in [-0.1, -0.05) is 12.1 Å². The van der Waals surface area contributed by atoms with Crippen molar-refractivity contribution in [2.75, 3.05) is 0 Å². The molecular weight excluding hydrogens is 244 g/mol. The molecule has 2 aromatic rings. The molecular formula is C14H14N2O3. The zero-order valence-electron chi connectivity index (χ0n) is 10.5. The fourth-order valence-electron chi connectivity index (χ4n) is 1.72. The van der Waals surface area contributed by atoms with E-state index in [4.69, 9.17) is 10.5 Å². The minimum Gasteiger partial charge on any atom is -0.457 e. The molecule has 2 rings (SSSR count). The first-order valence-corrected chi connectivity index (χ1v) is 5.82. The molecule has 0 spiro atoms. The summed E-state index contributed by atoms with van der Waals surface area (Å²) in [5, 5.41) is 10.9. The van der Waals surface area contributed by atoms with Gasteiger partial charge in [0, 0.05) is 12.1 Å². The van der Waals surface area contributed by atoms with Crippen LogP contribution in [0.15, 0.2) is 42.5 Å². The minimum atomic E-state index is -0.418. The maximum absolute atomic E-state index is 10.9. The Morgan fingerprint density at radius 3 is 2.63 bits per heavy atom. The summed E-state index contributed by atoms with van der Waals surface area (Å²) in [7, 11) is 0. The maximum atomic E-state index is 10.9. The molecule has 0 aliphatic carbocycles. The lowest BCUT2D eigenvalue weighted by atomic mass is 10.2. The first-order valence-electron chi connectivity index (χ1n) is 5.82. The molecule has 0 bridgehead atoms. The fourth-order valence-corrected chi connectivity index (χ4v) is 1.72. The highest BCUT2D eigenvalue weighted by molar-refractivity contribution is 5.46. The Morgan fingerprint density at radius 1 is 1.21 bits per heavy atom. The molecule has 0 aliphatic rings. The standard InChI is InChI=1S/C14H14N2O3/c1-10-5-6-13(8-14(10)16(17)18)19-12-4-2-3-11(7-12)9-15/h2-8H,9,15H2,1H3. The second-order valence-electron chi connectivity index (χ2n) is 4.16. The monoisotopic (exact) mass is 258 g/mol. The third-order valence-corrected chi connectivity index (χ3v) is 2.75. The minimum absolute atomic E-state index is 0.0486. The van der Waals surface area contributed by atoms with Gasteiger partial charge < -0.3 is 10.5 Å². The third-order valence-electron chi connectivity index (χ3n) is 2.75. The quantitative estimate of drug-likeness (QED) is 0.675. The zero-order valence-corrected chi connectivity index (χ0v) is 10.5. The van der Waals surface area contributed by atoms with Gasteiger partial charge in [-0.3, -0.25) is 10.1 Å². The topological polar surface area (TPSA) is 78.4 Å². The molecule has 0 aromatic heterocycles. The summed E-state index contributed by atoms with van der Waals surface area (Å²) in [6, 6.07) is 12.1. The van der Waals surface area contributed by atoms with E-state index in [1.165, 1.54) is 6.07 Å². The van der Waals surface area contributed by atoms with Gasteiger partial charge in [-0.2, -0.15) is 0 Å². The van der Waals surface area contributed by atoms with Crippen LogP contribution in [0, 0.1) is 17.0 Å². The van der Waals surface area contributed by atoms with Crippen molar-refractivity contribution in [3.63, 3.8) is 0 Å². The number of nitro benzene ring substituents is 1. The van der Waals surface area contributed by atoms with E-state index >= 15 is 0 Å². The number of benzene rings is 2. The van der Waals surface area contributed by atoms with Gasteiger partial charge in [-0.05, 0) is 36.8 Å². The molecule has 5 nitrogen and oxygen atoms in total. The lowest BCUT2D eigenvalue weighted by Crippen LogP contribution is -1.96. The predicted molar refractivity (Wildman–Crippen MR) is 72.2 cm³/mol. The Hall–Kier alpha value is -2.40. The number of hydrogen-bond acceptors (Lipinski definition) is 4. The third kappa shape index (κ3) is 3.08. The van der Waals surface area contributed by atoms with E-state index in [0.717, 1.165) is 5.56 Å². The van der Waals surface area contributed by atoms with Gasteiger partial charge in [0.15, 0.2) is 0 Å². The van der Waals surface area contributed by atoms with Crippen LogP contribution in [0.2, 0.25) is 0 Å². The van der Waals surface area contributed by atoms with Crippen LogP contribution in [0.1, 0.15) is 11.1 Å². The number of nitrogens with zero attached hydrogens (tertiary/aromatic N) is 1. The number of aryl methyl sites for hydroxylation is 1. The van der Waals surface area contributed by atoms with Crippen LogP contribution in [-0.4, -0.2) is 4.92 Å². The van der Waals surface area contributed by atoms with E-state index in [0.29, 0.717) is 23.6 Å². The highest BCUT2D eigenvalue weighted by Gasteiger charge is 2.12. The van der Waals surface area contributed by atoms with E-state index in [1.54, 1.807) is 25.1 Å². The summed E-state index contributed by atoms with van der Waals surface area (Å²) < 4.78 is 5.61. The average Bonchev–Trinajstić information content (AvgIpc) is 2.41. The van der Waals surface area contributed by atoms with Crippen molar-refractivity contribution in [2.24, 2.45) is 5.73 Å². The van der Waals surface area contributed by atoms with Gasteiger partial charge >= 0.3 is 0 Å². The van der Waals surface area contributed by atoms with Gasteiger partial charge in [0.1, 0.15) is 11.5 Å². The summed E-state index contributed by atoms with van der Waals surface area (Å²) >= 11 is 0. The van der Waals surface area contributed by atoms with Gasteiger partial charge in [0.2, 0.25) is 0 Å². The lowest BCUT2D eigenvalue weighted by Gasteiger charge is -2.07. The van der Waals surface area contributed by atoms with Crippen molar-refractivity contribution in [1.29, 1.82) is 0 Å². The smallest absolute Gasteiger partial charge is 0.276 e. The summed E-state index contributed by atoms with van der Waals surface area (Å²) in [4.78, 5) is 10.4. The molecule has 19 heavy (non-hydrogen) atoms. The maximum Gasteiger partial charge on any atom is 0.276 e. The number of hydrogen-bond donors (Lipinski definition) is 1. The molecule has 2 N–H and O–H groups in total. The normalized spacial score (nSPS) is 10.2. The molecule has 0 heterocycles. The van der Waals surface area contributed by atoms with Gasteiger partial charge in [-0.25, -0.2) is 0 Å². The molecule has 0 radical (unpaired) electrons. The van der Waals surface area contributed by atoms with Crippen LogP contribution in [-0.2, 0) is 6.54 Å². The molecule has 0 saturated carbocycles. The number of ether oxygens (including phenoxy) is 1. The molecule has 0 amide bonds.